The van der Waals surface area contributed by atoms with Gasteiger partial charge in [-0.2, -0.15) is 13.5 Å². The zero-order chi connectivity index (χ0) is 31.1. The molecule has 5 aromatic rings. The number of rotatable bonds is 13. The van der Waals surface area contributed by atoms with Crippen molar-refractivity contribution in [3.63, 3.8) is 0 Å². The maximum atomic E-state index is 12.4. The zero-order valence-electron chi connectivity index (χ0n) is 24.9. The zero-order valence-corrected chi connectivity index (χ0v) is 25.7. The van der Waals surface area contributed by atoms with Crippen molar-refractivity contribution in [2.24, 2.45) is 0 Å². The molecular weight excluding hydrogens is 578 g/mol. The van der Waals surface area contributed by atoms with Gasteiger partial charge in [0.15, 0.2) is 12.6 Å². The van der Waals surface area contributed by atoms with Crippen molar-refractivity contribution in [3.05, 3.63) is 108 Å². The second-order valence-corrected chi connectivity index (χ2v) is 12.0. The Hall–Kier alpha value is -4.58. The lowest BCUT2D eigenvalue weighted by atomic mass is 10.0. The van der Waals surface area contributed by atoms with Crippen LogP contribution in [0.2, 0.25) is 0 Å². The molecule has 0 radical (unpaired) electrons. The van der Waals surface area contributed by atoms with E-state index in [1.165, 1.54) is 0 Å². The predicted molar refractivity (Wildman–Crippen MR) is 168 cm³/mol. The molecule has 5 rings (SSSR count). The van der Waals surface area contributed by atoms with Crippen molar-refractivity contribution in [2.45, 2.75) is 37.6 Å². The minimum absolute atomic E-state index is 0.0422. The summed E-state index contributed by atoms with van der Waals surface area (Å²) in [6.45, 7) is 4.21. The van der Waals surface area contributed by atoms with Crippen molar-refractivity contribution in [2.75, 3.05) is 26.2 Å². The number of aryl methyl sites for hydroxylation is 2. The summed E-state index contributed by atoms with van der Waals surface area (Å²) in [6.07, 6.45) is 4.98. The summed E-state index contributed by atoms with van der Waals surface area (Å²) >= 11 is 0. The highest BCUT2D eigenvalue weighted by atomic mass is 32.2. The van der Waals surface area contributed by atoms with Crippen molar-refractivity contribution >= 4 is 15.9 Å². The van der Waals surface area contributed by atoms with Gasteiger partial charge in [-0.15, -0.1) is 10.2 Å². The average Bonchev–Trinajstić information content (AvgIpc) is 3.53. The molecule has 0 bridgehead atoms. The maximum Gasteiger partial charge on any atom is 0.296 e. The van der Waals surface area contributed by atoms with Gasteiger partial charge in [-0.05, 0) is 68.1 Å². The average molecular weight is 614 g/mol. The molecule has 44 heavy (non-hydrogen) atoms. The van der Waals surface area contributed by atoms with E-state index in [-0.39, 0.29) is 24.3 Å². The highest BCUT2D eigenvalue weighted by Crippen LogP contribution is 2.33. The first kappa shape index (κ1) is 30.9. The Morgan fingerprint density at radius 3 is 2.45 bits per heavy atom. The third kappa shape index (κ3) is 7.31. The Kier molecular flexibility index (Phi) is 9.69. The Labute approximate surface area is 257 Å². The number of anilines is 1. The van der Waals surface area contributed by atoms with Crippen LogP contribution in [0.3, 0.4) is 0 Å². The van der Waals surface area contributed by atoms with Crippen LogP contribution in [-0.4, -0.2) is 48.9 Å². The number of methoxy groups -OCH3 is 1. The number of hydrogen-bond donors (Lipinski definition) is 1. The van der Waals surface area contributed by atoms with E-state index in [1.54, 1.807) is 37.6 Å². The predicted octanol–water partition coefficient (Wildman–Crippen LogP) is 5.83. The van der Waals surface area contributed by atoms with Crippen LogP contribution in [0.15, 0.2) is 96.2 Å². The summed E-state index contributed by atoms with van der Waals surface area (Å²) in [5.41, 5.74) is 12.3. The first-order chi connectivity index (χ1) is 21.2. The molecule has 0 aliphatic heterocycles. The van der Waals surface area contributed by atoms with Gasteiger partial charge in [0.05, 0.1) is 29.4 Å². The van der Waals surface area contributed by atoms with Crippen LogP contribution in [0.1, 0.15) is 36.1 Å². The Morgan fingerprint density at radius 2 is 1.70 bits per heavy atom. The molecule has 0 saturated carbocycles. The summed E-state index contributed by atoms with van der Waals surface area (Å²) in [7, 11) is -2.19. The van der Waals surface area contributed by atoms with E-state index in [4.69, 9.17) is 19.4 Å². The summed E-state index contributed by atoms with van der Waals surface area (Å²) in [4.78, 5) is 0.171. The van der Waals surface area contributed by atoms with E-state index in [2.05, 4.69) is 34.4 Å². The summed E-state index contributed by atoms with van der Waals surface area (Å²) in [5.74, 6) is 0.934. The molecule has 10 nitrogen and oxygen atoms in total. The van der Waals surface area contributed by atoms with E-state index in [0.29, 0.717) is 30.1 Å². The summed E-state index contributed by atoms with van der Waals surface area (Å²) in [5, 5.41) is 13.1. The van der Waals surface area contributed by atoms with E-state index in [1.807, 2.05) is 60.3 Å². The molecule has 2 aromatic heterocycles. The molecule has 0 aliphatic rings. The van der Waals surface area contributed by atoms with Crippen LogP contribution in [-0.2, 0) is 25.5 Å². The summed E-state index contributed by atoms with van der Waals surface area (Å²) in [6, 6.07) is 24.2. The quantitative estimate of drug-likeness (QED) is 0.0990. The molecule has 2 heterocycles. The normalized spacial score (nSPS) is 12.2. The second-order valence-electron chi connectivity index (χ2n) is 10.4. The molecule has 0 amide bonds. The molecule has 0 fully saturated rings. The van der Waals surface area contributed by atoms with E-state index >= 15 is 0 Å². The topological polar surface area (TPSA) is 131 Å². The van der Waals surface area contributed by atoms with E-state index < -0.39 is 10.1 Å². The standard InChI is InChI=1S/C33H35N5O5S/c1-23-10-16-28(17-11-23)44(39,40)43-18-6-7-25-12-14-26(15-13-25)24(2)38-21-27(20-35-38)30-19-31(36-37-33(30)34)29-8-4-5-9-32(29)42-22-41-3/h4-5,8-17,19-21,24H,6-7,18,22H2,1-3H3,(H2,34,37). The van der Waals surface area contributed by atoms with Gasteiger partial charge in [0.1, 0.15) is 5.75 Å². The van der Waals surface area contributed by atoms with Gasteiger partial charge in [0, 0.05) is 30.0 Å². The lowest BCUT2D eigenvalue weighted by Gasteiger charge is -2.13. The number of nitrogens with zero attached hydrogens (tertiary/aromatic N) is 4. The third-order valence-corrected chi connectivity index (χ3v) is 8.57. The molecule has 0 saturated heterocycles. The van der Waals surface area contributed by atoms with Crippen LogP contribution < -0.4 is 10.5 Å². The summed E-state index contributed by atoms with van der Waals surface area (Å²) < 4.78 is 42.7. The van der Waals surface area contributed by atoms with Crippen molar-refractivity contribution in [1.82, 2.24) is 20.0 Å². The third-order valence-electron chi connectivity index (χ3n) is 7.25. The molecule has 2 N–H and O–H groups in total. The lowest BCUT2D eigenvalue weighted by molar-refractivity contribution is 0.0515. The number of hydrogen-bond acceptors (Lipinski definition) is 9. The first-order valence-corrected chi connectivity index (χ1v) is 15.6. The van der Waals surface area contributed by atoms with Crippen molar-refractivity contribution in [3.8, 4) is 28.1 Å². The monoisotopic (exact) mass is 613 g/mol. The molecule has 1 atom stereocenters. The number of nitrogens with two attached hydrogens (primary N) is 1. The number of benzene rings is 3. The van der Waals surface area contributed by atoms with Crippen LogP contribution in [0.5, 0.6) is 5.75 Å². The van der Waals surface area contributed by atoms with Gasteiger partial charge in [-0.25, -0.2) is 0 Å². The number of aromatic nitrogens is 4. The van der Waals surface area contributed by atoms with Gasteiger partial charge < -0.3 is 15.2 Å². The molecule has 228 valence electrons. The van der Waals surface area contributed by atoms with E-state index in [9.17, 15) is 8.42 Å². The molecule has 3 aromatic carbocycles. The van der Waals surface area contributed by atoms with Crippen LogP contribution >= 0.6 is 0 Å². The largest absolute Gasteiger partial charge is 0.467 e. The smallest absolute Gasteiger partial charge is 0.296 e. The van der Waals surface area contributed by atoms with Crippen molar-refractivity contribution < 1.29 is 22.1 Å². The Morgan fingerprint density at radius 1 is 0.955 bits per heavy atom. The molecular formula is C33H35N5O5S. The molecule has 1 unspecified atom stereocenters. The molecule has 0 aliphatic carbocycles. The minimum Gasteiger partial charge on any atom is -0.467 e. The Balaban J connectivity index is 1.22. The van der Waals surface area contributed by atoms with Gasteiger partial charge >= 0.3 is 0 Å². The van der Waals surface area contributed by atoms with E-state index in [0.717, 1.165) is 33.4 Å². The van der Waals surface area contributed by atoms with Crippen LogP contribution in [0.4, 0.5) is 5.82 Å². The molecule has 0 spiro atoms. The van der Waals surface area contributed by atoms with Crippen LogP contribution in [0, 0.1) is 6.92 Å². The lowest BCUT2D eigenvalue weighted by Crippen LogP contribution is -2.08. The fourth-order valence-corrected chi connectivity index (χ4v) is 5.66. The Bertz CT molecular complexity index is 1810. The fourth-order valence-electron chi connectivity index (χ4n) is 4.71. The van der Waals surface area contributed by atoms with Crippen molar-refractivity contribution in [1.29, 1.82) is 0 Å². The van der Waals surface area contributed by atoms with Gasteiger partial charge in [-0.1, -0.05) is 54.1 Å². The maximum absolute atomic E-state index is 12.4. The van der Waals surface area contributed by atoms with Crippen LogP contribution in [0.25, 0.3) is 22.4 Å². The highest BCUT2D eigenvalue weighted by molar-refractivity contribution is 7.86. The second kappa shape index (κ2) is 13.8. The minimum atomic E-state index is -3.76. The highest BCUT2D eigenvalue weighted by Gasteiger charge is 2.17. The first-order valence-electron chi connectivity index (χ1n) is 14.2. The van der Waals surface area contributed by atoms with Gasteiger partial charge in [0.25, 0.3) is 10.1 Å². The SMILES string of the molecule is COCOc1ccccc1-c1cc(-c2cnn(C(C)c3ccc(CCCOS(=O)(=O)c4ccc(C)cc4)cc3)c2)c(N)nn1. The van der Waals surface area contributed by atoms with Gasteiger partial charge in [-0.3, -0.25) is 8.86 Å². The molecule has 11 heteroatoms. The van der Waals surface area contributed by atoms with Gasteiger partial charge in [0.2, 0.25) is 0 Å². The number of nitrogen functional groups attached to an aromatic ring is 1. The fraction of sp³-hybridized carbons (Fsp3) is 0.242. The number of ether oxygens (including phenoxy) is 2. The number of para-hydroxylation sites is 1.